The first-order chi connectivity index (χ1) is 8.15. The molecule has 0 aliphatic rings. The zero-order chi connectivity index (χ0) is 12.7. The van der Waals surface area contributed by atoms with Crippen LogP contribution in [-0.2, 0) is 4.74 Å². The van der Waals surface area contributed by atoms with Crippen molar-refractivity contribution in [1.82, 2.24) is 20.4 Å². The van der Waals surface area contributed by atoms with Gasteiger partial charge in [-0.1, -0.05) is 0 Å². The summed E-state index contributed by atoms with van der Waals surface area (Å²) in [4.78, 5) is 20.6. The number of hydrogen-bond donors (Lipinski definition) is 3. The third-order valence-electron chi connectivity index (χ3n) is 1.66. The Balaban J connectivity index is 0.000000171. The summed E-state index contributed by atoms with van der Waals surface area (Å²) >= 11 is 0. The predicted molar refractivity (Wildman–Crippen MR) is 55.5 cm³/mol. The van der Waals surface area contributed by atoms with Crippen molar-refractivity contribution in [3.05, 3.63) is 35.9 Å². The van der Waals surface area contributed by atoms with Gasteiger partial charge in [0.2, 0.25) is 0 Å². The third kappa shape index (κ3) is 3.78. The molecule has 2 aromatic heterocycles. The van der Waals surface area contributed by atoms with Gasteiger partial charge in [0.15, 0.2) is 0 Å². The van der Waals surface area contributed by atoms with Crippen LogP contribution in [0.1, 0.15) is 20.7 Å². The van der Waals surface area contributed by atoms with Gasteiger partial charge in [-0.25, -0.2) is 9.59 Å². The molecule has 0 amide bonds. The van der Waals surface area contributed by atoms with Crippen LogP contribution < -0.4 is 0 Å². The van der Waals surface area contributed by atoms with Crippen molar-refractivity contribution in [1.29, 1.82) is 0 Å². The van der Waals surface area contributed by atoms with E-state index in [4.69, 9.17) is 5.11 Å². The van der Waals surface area contributed by atoms with E-state index in [1.54, 1.807) is 0 Å². The van der Waals surface area contributed by atoms with Gasteiger partial charge < -0.3 is 9.84 Å². The van der Waals surface area contributed by atoms with E-state index in [0.29, 0.717) is 5.56 Å². The minimum Gasteiger partial charge on any atom is -0.478 e. The monoisotopic (exact) mass is 238 g/mol. The third-order valence-corrected chi connectivity index (χ3v) is 1.66. The van der Waals surface area contributed by atoms with Crippen molar-refractivity contribution in [2.45, 2.75) is 0 Å². The quantitative estimate of drug-likeness (QED) is 0.647. The second-order valence-corrected chi connectivity index (χ2v) is 2.77. The van der Waals surface area contributed by atoms with E-state index >= 15 is 0 Å². The Kier molecular flexibility index (Phi) is 4.43. The van der Waals surface area contributed by atoms with Gasteiger partial charge in [0.05, 0.1) is 30.6 Å². The van der Waals surface area contributed by atoms with E-state index in [0.717, 1.165) is 0 Å². The molecule has 0 aliphatic heterocycles. The van der Waals surface area contributed by atoms with E-state index in [1.807, 2.05) is 0 Å². The number of H-pyrrole nitrogens is 2. The molecule has 0 saturated carbocycles. The molecule has 17 heavy (non-hydrogen) atoms. The van der Waals surface area contributed by atoms with Crippen LogP contribution in [0.5, 0.6) is 0 Å². The van der Waals surface area contributed by atoms with Crippen molar-refractivity contribution in [3.63, 3.8) is 0 Å². The van der Waals surface area contributed by atoms with Crippen LogP contribution in [0.4, 0.5) is 0 Å². The van der Waals surface area contributed by atoms with Gasteiger partial charge in [-0.15, -0.1) is 0 Å². The number of ether oxygens (including phenoxy) is 1. The second kappa shape index (κ2) is 6.05. The van der Waals surface area contributed by atoms with Crippen molar-refractivity contribution in [2.24, 2.45) is 0 Å². The van der Waals surface area contributed by atoms with Gasteiger partial charge in [-0.3, -0.25) is 10.2 Å². The minimum absolute atomic E-state index is 0.185. The fraction of sp³-hybridized carbons (Fsp3) is 0.111. The number of esters is 1. The van der Waals surface area contributed by atoms with Gasteiger partial charge >= 0.3 is 11.9 Å². The number of carboxylic acid groups (broad SMARTS) is 1. The van der Waals surface area contributed by atoms with Crippen LogP contribution in [0, 0.1) is 0 Å². The zero-order valence-corrected chi connectivity index (χ0v) is 8.88. The highest BCUT2D eigenvalue weighted by atomic mass is 16.5. The topological polar surface area (TPSA) is 121 Å². The Morgan fingerprint density at radius 1 is 1.18 bits per heavy atom. The highest BCUT2D eigenvalue weighted by molar-refractivity contribution is 5.88. The lowest BCUT2D eigenvalue weighted by atomic mass is 10.4. The van der Waals surface area contributed by atoms with Crippen LogP contribution in [0.15, 0.2) is 24.8 Å². The molecule has 2 rings (SSSR count). The molecule has 0 fully saturated rings. The van der Waals surface area contributed by atoms with Crippen molar-refractivity contribution in [2.75, 3.05) is 7.11 Å². The molecular formula is C9H10N4O4. The molecule has 8 heteroatoms. The first-order valence-electron chi connectivity index (χ1n) is 4.44. The van der Waals surface area contributed by atoms with Crippen LogP contribution >= 0.6 is 0 Å². The Labute approximate surface area is 95.6 Å². The summed E-state index contributed by atoms with van der Waals surface area (Å²) in [5, 5.41) is 20.1. The average molecular weight is 238 g/mol. The molecule has 0 atom stereocenters. The lowest BCUT2D eigenvalue weighted by Gasteiger charge is -1.89. The van der Waals surface area contributed by atoms with Crippen molar-refractivity contribution in [3.8, 4) is 0 Å². The molecule has 3 N–H and O–H groups in total. The lowest BCUT2D eigenvalue weighted by molar-refractivity contribution is 0.0600. The zero-order valence-electron chi connectivity index (χ0n) is 8.88. The maximum Gasteiger partial charge on any atom is 0.341 e. The summed E-state index contributed by atoms with van der Waals surface area (Å²) in [5.41, 5.74) is 0.627. The second-order valence-electron chi connectivity index (χ2n) is 2.77. The molecule has 2 aromatic rings. The van der Waals surface area contributed by atoms with E-state index in [9.17, 15) is 9.59 Å². The summed E-state index contributed by atoms with van der Waals surface area (Å²) in [6, 6.07) is 0. The largest absolute Gasteiger partial charge is 0.478 e. The number of aromatic carboxylic acids is 1. The molecule has 0 aromatic carbocycles. The molecule has 0 bridgehead atoms. The molecular weight excluding hydrogens is 228 g/mol. The molecule has 0 unspecified atom stereocenters. The average Bonchev–Trinajstić information content (AvgIpc) is 3.01. The van der Waals surface area contributed by atoms with Gasteiger partial charge in [0.1, 0.15) is 0 Å². The first kappa shape index (κ1) is 12.4. The number of carbonyl (C=O) groups is 2. The van der Waals surface area contributed by atoms with E-state index in [2.05, 4.69) is 25.1 Å². The first-order valence-corrected chi connectivity index (χ1v) is 4.44. The van der Waals surface area contributed by atoms with Crippen LogP contribution in [-0.4, -0.2) is 44.5 Å². The predicted octanol–water partition coefficient (Wildman–Crippen LogP) is 0.304. The highest BCUT2D eigenvalue weighted by Gasteiger charge is 2.03. The molecule has 0 spiro atoms. The van der Waals surface area contributed by atoms with Crippen LogP contribution in [0.25, 0.3) is 0 Å². The number of nitrogens with zero attached hydrogens (tertiary/aromatic N) is 2. The van der Waals surface area contributed by atoms with Gasteiger partial charge in [0.25, 0.3) is 0 Å². The van der Waals surface area contributed by atoms with Crippen LogP contribution in [0.3, 0.4) is 0 Å². The summed E-state index contributed by atoms with van der Waals surface area (Å²) < 4.78 is 4.40. The number of aromatic nitrogens is 4. The number of methoxy groups -OCH3 is 1. The van der Waals surface area contributed by atoms with E-state index in [1.165, 1.54) is 31.9 Å². The van der Waals surface area contributed by atoms with Gasteiger partial charge in [-0.2, -0.15) is 10.2 Å². The van der Waals surface area contributed by atoms with Gasteiger partial charge in [-0.05, 0) is 0 Å². The maximum absolute atomic E-state index is 10.6. The fourth-order valence-electron chi connectivity index (χ4n) is 0.848. The number of rotatable bonds is 2. The normalized spacial score (nSPS) is 9.00. The number of hydrogen-bond acceptors (Lipinski definition) is 5. The number of nitrogens with one attached hydrogen (secondary N) is 2. The summed E-state index contributed by atoms with van der Waals surface area (Å²) in [6.45, 7) is 0. The highest BCUT2D eigenvalue weighted by Crippen LogP contribution is 1.94. The summed E-state index contributed by atoms with van der Waals surface area (Å²) in [7, 11) is 1.33. The minimum atomic E-state index is -0.959. The maximum atomic E-state index is 10.6. The van der Waals surface area contributed by atoms with Gasteiger partial charge in [0, 0.05) is 12.4 Å². The van der Waals surface area contributed by atoms with E-state index in [-0.39, 0.29) is 11.5 Å². The van der Waals surface area contributed by atoms with Crippen LogP contribution in [0.2, 0.25) is 0 Å². The number of carboxylic acids is 1. The number of carbonyl (C=O) groups excluding carboxylic acids is 1. The van der Waals surface area contributed by atoms with Crippen molar-refractivity contribution < 1.29 is 19.4 Å². The molecule has 0 radical (unpaired) electrons. The molecule has 0 saturated heterocycles. The summed E-state index contributed by atoms with van der Waals surface area (Å²) in [5.74, 6) is -1.33. The standard InChI is InChI=1S/C5H6N2O2.C4H4N2O2/c1-9-5(8)4-2-6-7-3-4;7-4(8)3-1-5-6-2-3/h2-3H,1H3,(H,6,7);1-2H,(H,5,6)(H,7,8). The number of aromatic amines is 2. The lowest BCUT2D eigenvalue weighted by Crippen LogP contribution is -1.98. The summed E-state index contributed by atoms with van der Waals surface area (Å²) in [6.07, 6.45) is 5.46. The van der Waals surface area contributed by atoms with Crippen molar-refractivity contribution >= 4 is 11.9 Å². The molecule has 90 valence electrons. The Hall–Kier alpha value is -2.64. The Bertz CT molecular complexity index is 463. The molecule has 0 aliphatic carbocycles. The van der Waals surface area contributed by atoms with E-state index < -0.39 is 5.97 Å². The Morgan fingerprint density at radius 2 is 1.71 bits per heavy atom. The fourth-order valence-corrected chi connectivity index (χ4v) is 0.848. The smallest absolute Gasteiger partial charge is 0.341 e. The Morgan fingerprint density at radius 3 is 2.00 bits per heavy atom. The molecule has 2 heterocycles. The molecule has 8 nitrogen and oxygen atoms in total. The SMILES string of the molecule is COC(=O)c1cn[nH]c1.O=C(O)c1cn[nH]c1.